The molecule has 0 saturated heterocycles. The number of anilines is 2. The molecule has 1 aromatic carbocycles. The molecule has 1 aliphatic rings. The molecule has 0 amide bonds. The Hall–Kier alpha value is -2.07. The average molecular weight is 575 g/mol. The fourth-order valence-corrected chi connectivity index (χ4v) is 6.60. The summed E-state index contributed by atoms with van der Waals surface area (Å²) < 4.78 is 16.9. The van der Waals surface area contributed by atoms with Gasteiger partial charge in [0.25, 0.3) is 0 Å². The second-order valence-corrected chi connectivity index (χ2v) is 12.8. The maximum atomic E-state index is 12.5. The van der Waals surface area contributed by atoms with Crippen LogP contribution in [0.4, 0.5) is 11.4 Å². The summed E-state index contributed by atoms with van der Waals surface area (Å²) in [5.74, 6) is -1.79. The quantitative estimate of drug-likeness (QED) is 0.0685. The summed E-state index contributed by atoms with van der Waals surface area (Å²) in [6, 6.07) is 0. The predicted molar refractivity (Wildman–Crippen MR) is 153 cm³/mol. The van der Waals surface area contributed by atoms with Crippen LogP contribution in [-0.2, 0) is 23.4 Å². The average Bonchev–Trinajstić information content (AvgIpc) is 3.11. The zero-order chi connectivity index (χ0) is 28.8. The van der Waals surface area contributed by atoms with Gasteiger partial charge in [-0.25, -0.2) is 0 Å². The number of hydrogen-bond donors (Lipinski definition) is 3. The van der Waals surface area contributed by atoms with Crippen molar-refractivity contribution in [1.82, 2.24) is 0 Å². The molecule has 0 spiro atoms. The third kappa shape index (κ3) is 10.1. The molecule has 2 rings (SSSR count). The van der Waals surface area contributed by atoms with Crippen molar-refractivity contribution >= 4 is 31.3 Å². The Morgan fingerprint density at radius 1 is 0.974 bits per heavy atom. The van der Waals surface area contributed by atoms with Crippen LogP contribution in [0.1, 0.15) is 85.0 Å². The Morgan fingerprint density at radius 2 is 1.64 bits per heavy atom. The van der Waals surface area contributed by atoms with Gasteiger partial charge >= 0.3 is 231 Å². The molecular weight excluding hydrogens is 527 g/mol. The fraction of sp³-hybridized carbons (Fsp3) is 0.778. The van der Waals surface area contributed by atoms with E-state index in [9.17, 15) is 29.2 Å². The second-order valence-electron chi connectivity index (χ2n) is 10.3. The summed E-state index contributed by atoms with van der Waals surface area (Å²) in [4.78, 5) is 61.1. The maximum absolute atomic E-state index is 12.5. The Kier molecular flexibility index (Phi) is 14.4. The molecule has 1 aliphatic heterocycles. The number of nitrogens with zero attached hydrogens (tertiary/aromatic N) is 1. The third-order valence-corrected chi connectivity index (χ3v) is 9.24. The van der Waals surface area contributed by atoms with Gasteiger partial charge in [0.1, 0.15) is 0 Å². The molecule has 0 radical (unpaired) electrons. The molecule has 0 aromatic heterocycles. The van der Waals surface area contributed by atoms with Gasteiger partial charge in [-0.05, 0) is 0 Å². The van der Waals surface area contributed by atoms with Gasteiger partial charge < -0.3 is 0 Å². The van der Waals surface area contributed by atoms with Crippen LogP contribution in [0.3, 0.4) is 0 Å². The topological polar surface area (TPSA) is 152 Å². The van der Waals surface area contributed by atoms with Gasteiger partial charge in [-0.1, -0.05) is 0 Å². The van der Waals surface area contributed by atoms with Crippen LogP contribution in [0.5, 0.6) is 0 Å². The second kappa shape index (κ2) is 16.9. The van der Waals surface area contributed by atoms with E-state index in [2.05, 4.69) is 5.32 Å². The zero-order valence-corrected chi connectivity index (χ0v) is 24.7. The van der Waals surface area contributed by atoms with E-state index in [1.807, 2.05) is 20.8 Å². The molecule has 3 N–H and O–H groups in total. The van der Waals surface area contributed by atoms with Crippen LogP contribution < -0.4 is 21.1 Å². The molecule has 0 bridgehead atoms. The number of carbonyl (C=O) groups excluding carboxylic acids is 1. The summed E-state index contributed by atoms with van der Waals surface area (Å²) >= 11 is 0. The number of carboxylic acids is 1. The van der Waals surface area contributed by atoms with E-state index in [1.165, 1.54) is 0 Å². The number of aliphatic carboxylic acids is 1. The van der Waals surface area contributed by atoms with Gasteiger partial charge in [0.15, 0.2) is 0 Å². The number of unbranched alkanes of at least 4 members (excludes halogenated alkanes) is 1. The van der Waals surface area contributed by atoms with E-state index in [0.717, 1.165) is 19.3 Å². The van der Waals surface area contributed by atoms with Crippen molar-refractivity contribution in [1.29, 1.82) is 0 Å². The molecule has 224 valence electrons. The van der Waals surface area contributed by atoms with Crippen molar-refractivity contribution in [3.8, 4) is 0 Å². The number of rotatable bonds is 20. The van der Waals surface area contributed by atoms with Gasteiger partial charge in [0, 0.05) is 0 Å². The van der Waals surface area contributed by atoms with Gasteiger partial charge in [-0.15, -0.1) is 0 Å². The van der Waals surface area contributed by atoms with Gasteiger partial charge in [0.05, 0.1) is 0 Å². The predicted octanol–water partition coefficient (Wildman–Crippen LogP) is 3.81. The number of carboxylic acid groups (broad SMARTS) is 1. The zero-order valence-electron chi connectivity index (χ0n) is 23.7. The number of nitrogens with one attached hydrogen (secondary N) is 1. The Labute approximate surface area is 231 Å². The van der Waals surface area contributed by atoms with Crippen molar-refractivity contribution in [2.24, 2.45) is 11.8 Å². The number of fused-ring (bicyclic) bond motifs is 1. The van der Waals surface area contributed by atoms with Crippen LogP contribution in [0.15, 0.2) is 9.59 Å². The molecule has 12 heteroatoms. The van der Waals surface area contributed by atoms with Crippen molar-refractivity contribution in [2.75, 3.05) is 49.4 Å². The Balaban J connectivity index is 1.99. The van der Waals surface area contributed by atoms with E-state index in [4.69, 9.17) is 13.8 Å². The minimum atomic E-state index is -3.84. The molecule has 1 atom stereocenters. The van der Waals surface area contributed by atoms with Crippen molar-refractivity contribution < 1.29 is 33.4 Å². The summed E-state index contributed by atoms with van der Waals surface area (Å²) in [7, 11) is -3.84. The van der Waals surface area contributed by atoms with Crippen LogP contribution in [0.25, 0.3) is 0 Å². The Morgan fingerprint density at radius 3 is 2.28 bits per heavy atom. The first-order chi connectivity index (χ1) is 18.7. The Bertz CT molecular complexity index is 975. The first kappa shape index (κ1) is 33.1. The van der Waals surface area contributed by atoms with E-state index in [-0.39, 0.29) is 31.2 Å². The summed E-state index contributed by atoms with van der Waals surface area (Å²) in [5, 5.41) is 12.3. The van der Waals surface area contributed by atoms with Crippen LogP contribution in [-0.4, -0.2) is 61.1 Å². The molecule has 1 unspecified atom stereocenters. The standard InChI is InChI=1S/C27H47N2O9P/c1-4-10-20(26(32)33)13-7-8-17-37-39(35,38-19-36-27(34)21(11-5-2)12-6-3)18-16-29-15-9-14-28-22-23(29)25(31)24(22)30/h20-21,28,35,39H,4-19H2,1-3H3,(H,32,33). The first-order valence-corrected chi connectivity index (χ1v) is 16.4. The summed E-state index contributed by atoms with van der Waals surface area (Å²) in [5.41, 5.74) is -0.423. The van der Waals surface area contributed by atoms with E-state index < -0.39 is 37.5 Å². The van der Waals surface area contributed by atoms with Crippen LogP contribution >= 0.6 is 7.94 Å². The van der Waals surface area contributed by atoms with Crippen LogP contribution in [0, 0.1) is 11.8 Å². The SMILES string of the molecule is CCCC(CCCCO[PH](O)(CCN1CCCNc2c1c(=O)c2=O)OCOC(=O)C(CCC)CCC)C(=O)O. The fourth-order valence-electron chi connectivity index (χ4n) is 4.96. The molecule has 0 fully saturated rings. The first-order valence-electron chi connectivity index (χ1n) is 14.4. The monoisotopic (exact) mass is 574 g/mol. The molecule has 11 nitrogen and oxygen atoms in total. The molecule has 1 heterocycles. The molecule has 0 saturated carbocycles. The van der Waals surface area contributed by atoms with Gasteiger partial charge in [0.2, 0.25) is 0 Å². The molecular formula is C27H47N2O9P. The summed E-state index contributed by atoms with van der Waals surface area (Å²) in [6.07, 6.45) is 7.02. The number of esters is 1. The number of carbonyl (C=O) groups is 2. The minimum absolute atomic E-state index is 0.0731. The van der Waals surface area contributed by atoms with Gasteiger partial charge in [-0.2, -0.15) is 0 Å². The van der Waals surface area contributed by atoms with E-state index in [0.29, 0.717) is 69.4 Å². The van der Waals surface area contributed by atoms with Gasteiger partial charge in [-0.3, -0.25) is 0 Å². The normalized spacial score (nSPS) is 15.1. The molecule has 39 heavy (non-hydrogen) atoms. The van der Waals surface area contributed by atoms with Crippen molar-refractivity contribution in [2.45, 2.75) is 85.0 Å². The number of hydrogen-bond acceptors (Lipinski definition) is 10. The third-order valence-electron chi connectivity index (χ3n) is 7.16. The molecule has 0 aliphatic carbocycles. The molecule has 1 aromatic rings. The van der Waals surface area contributed by atoms with E-state index in [1.54, 1.807) is 4.90 Å². The van der Waals surface area contributed by atoms with Crippen LogP contribution in [0.2, 0.25) is 0 Å². The number of ether oxygens (including phenoxy) is 1. The van der Waals surface area contributed by atoms with Crippen molar-refractivity contribution in [3.05, 3.63) is 20.4 Å². The van der Waals surface area contributed by atoms with E-state index >= 15 is 0 Å². The summed E-state index contributed by atoms with van der Waals surface area (Å²) in [6.45, 7) is 7.04. The van der Waals surface area contributed by atoms with Crippen molar-refractivity contribution in [3.63, 3.8) is 0 Å².